The number of carbonyl (C=O) groups is 1. The molecule has 4 rings (SSSR count). The Hall–Kier alpha value is -3.25. The largest absolute Gasteiger partial charge is 0.338 e. The number of hydrogen-bond acceptors (Lipinski definition) is 4. The first kappa shape index (κ1) is 22.0. The van der Waals surface area contributed by atoms with Gasteiger partial charge in [0.25, 0.3) is 0 Å². The van der Waals surface area contributed by atoms with Crippen LogP contribution in [0.15, 0.2) is 66.5 Å². The molecular formula is C26H28N4OS. The van der Waals surface area contributed by atoms with Gasteiger partial charge in [-0.3, -0.25) is 10.3 Å². The predicted molar refractivity (Wildman–Crippen MR) is 135 cm³/mol. The van der Waals surface area contributed by atoms with Gasteiger partial charge in [-0.2, -0.15) is 0 Å². The number of benzene rings is 1. The first-order valence-corrected chi connectivity index (χ1v) is 12.0. The number of rotatable bonds is 7. The number of thiazole rings is 1. The van der Waals surface area contributed by atoms with E-state index in [0.717, 1.165) is 39.7 Å². The molecule has 5 nitrogen and oxygen atoms in total. The Labute approximate surface area is 193 Å². The molecule has 1 aromatic carbocycles. The highest BCUT2D eigenvalue weighted by molar-refractivity contribution is 7.22. The topological polar surface area (TPSA) is 66.9 Å². The number of allylic oxidation sites excluding steroid dienone is 6. The van der Waals surface area contributed by atoms with E-state index in [9.17, 15) is 4.79 Å². The van der Waals surface area contributed by atoms with Gasteiger partial charge in [-0.1, -0.05) is 55.1 Å². The summed E-state index contributed by atoms with van der Waals surface area (Å²) in [5.41, 5.74) is 6.68. The lowest BCUT2D eigenvalue weighted by molar-refractivity contribution is 0.252. The number of unbranched alkanes of at least 4 members (excludes halogenated alkanes) is 1. The number of nitrogens with one attached hydrogen (secondary N) is 2. The summed E-state index contributed by atoms with van der Waals surface area (Å²) < 4.78 is 1.04. The number of amides is 2. The monoisotopic (exact) mass is 444 g/mol. The number of pyridine rings is 1. The van der Waals surface area contributed by atoms with Gasteiger partial charge in [0.05, 0.1) is 10.2 Å². The van der Waals surface area contributed by atoms with Gasteiger partial charge >= 0.3 is 6.03 Å². The minimum absolute atomic E-state index is 0.240. The lowest BCUT2D eigenvalue weighted by Crippen LogP contribution is -2.28. The number of hydrogen-bond donors (Lipinski definition) is 2. The van der Waals surface area contributed by atoms with Gasteiger partial charge in [0, 0.05) is 30.1 Å². The second-order valence-corrected chi connectivity index (χ2v) is 8.74. The summed E-state index contributed by atoms with van der Waals surface area (Å²) in [5, 5.41) is 6.20. The number of anilines is 1. The molecule has 0 spiro atoms. The van der Waals surface area contributed by atoms with Crippen molar-refractivity contribution in [2.24, 2.45) is 0 Å². The highest BCUT2D eigenvalue weighted by atomic mass is 32.1. The van der Waals surface area contributed by atoms with E-state index in [4.69, 9.17) is 4.98 Å². The Morgan fingerprint density at radius 2 is 2.12 bits per heavy atom. The lowest BCUT2D eigenvalue weighted by atomic mass is 9.97. The van der Waals surface area contributed by atoms with Crippen molar-refractivity contribution in [3.05, 3.63) is 72.1 Å². The molecule has 6 heteroatoms. The zero-order chi connectivity index (χ0) is 22.3. The van der Waals surface area contributed by atoms with E-state index in [2.05, 4.69) is 65.0 Å². The zero-order valence-corrected chi connectivity index (χ0v) is 19.3. The first-order valence-electron chi connectivity index (χ1n) is 11.2. The van der Waals surface area contributed by atoms with Gasteiger partial charge in [-0.25, -0.2) is 9.78 Å². The molecule has 0 fully saturated rings. The first-order chi connectivity index (χ1) is 15.7. The quantitative estimate of drug-likeness (QED) is 0.414. The van der Waals surface area contributed by atoms with E-state index < -0.39 is 0 Å². The molecule has 0 radical (unpaired) electrons. The maximum atomic E-state index is 12.0. The van der Waals surface area contributed by atoms with Gasteiger partial charge in [0.1, 0.15) is 0 Å². The van der Waals surface area contributed by atoms with Gasteiger partial charge in [-0.15, -0.1) is 0 Å². The van der Waals surface area contributed by atoms with E-state index in [1.165, 1.54) is 35.3 Å². The van der Waals surface area contributed by atoms with E-state index in [0.29, 0.717) is 11.7 Å². The van der Waals surface area contributed by atoms with E-state index in [-0.39, 0.29) is 6.03 Å². The molecule has 32 heavy (non-hydrogen) atoms. The summed E-state index contributed by atoms with van der Waals surface area (Å²) in [6.07, 6.45) is 17.1. The third kappa shape index (κ3) is 5.14. The Morgan fingerprint density at radius 1 is 1.22 bits per heavy atom. The van der Waals surface area contributed by atoms with Crippen LogP contribution in [0.2, 0.25) is 0 Å². The van der Waals surface area contributed by atoms with Crippen LogP contribution < -0.4 is 10.6 Å². The fourth-order valence-electron chi connectivity index (χ4n) is 3.75. The fraction of sp³-hybridized carbons (Fsp3) is 0.269. The van der Waals surface area contributed by atoms with Crippen molar-refractivity contribution in [2.75, 3.05) is 11.9 Å². The SMILES string of the molecule is CCCCC1=CC(c2cc(-c3cccnc3)c3sc(NC(=O)NCC)nc3c2)=CCC=C1. The Kier molecular flexibility index (Phi) is 7.12. The van der Waals surface area contributed by atoms with Crippen LogP contribution in [0.25, 0.3) is 26.9 Å². The average Bonchev–Trinajstić information content (AvgIpc) is 3.05. The van der Waals surface area contributed by atoms with Crippen LogP contribution in [0.1, 0.15) is 45.1 Å². The molecule has 2 heterocycles. The molecule has 2 amide bonds. The van der Waals surface area contributed by atoms with Crippen LogP contribution in [0, 0.1) is 0 Å². The molecule has 164 valence electrons. The standard InChI is InChI=1S/C26H28N4OS/c1-3-5-9-18-10-6-7-11-19(14-18)21-15-22(20-12-8-13-27-17-20)24-23(16-21)29-26(32-24)30-25(31)28-4-2/h6,8,10-17H,3-5,7,9H2,1-2H3,(H2,28,29,30,31). The molecule has 1 aliphatic rings. The third-order valence-electron chi connectivity index (χ3n) is 5.32. The van der Waals surface area contributed by atoms with Crippen LogP contribution in [0.5, 0.6) is 0 Å². The van der Waals surface area contributed by atoms with Crippen LogP contribution in [-0.4, -0.2) is 22.5 Å². The van der Waals surface area contributed by atoms with E-state index in [1.54, 1.807) is 6.20 Å². The molecule has 0 aliphatic heterocycles. The van der Waals surface area contributed by atoms with Crippen molar-refractivity contribution in [1.29, 1.82) is 0 Å². The third-order valence-corrected chi connectivity index (χ3v) is 6.34. The van der Waals surface area contributed by atoms with Gasteiger partial charge in [0.2, 0.25) is 0 Å². The Morgan fingerprint density at radius 3 is 2.91 bits per heavy atom. The number of fused-ring (bicyclic) bond motifs is 1. The van der Waals surface area contributed by atoms with Gasteiger partial charge < -0.3 is 5.32 Å². The minimum Gasteiger partial charge on any atom is -0.338 e. The molecule has 3 aromatic rings. The summed E-state index contributed by atoms with van der Waals surface area (Å²) in [4.78, 5) is 21.1. The van der Waals surface area contributed by atoms with Gasteiger partial charge in [-0.05, 0) is 61.1 Å². The maximum absolute atomic E-state index is 12.0. The average molecular weight is 445 g/mol. The number of carbonyl (C=O) groups excluding carboxylic acids is 1. The van der Waals surface area contributed by atoms with Crippen LogP contribution in [0.4, 0.5) is 9.93 Å². The highest BCUT2D eigenvalue weighted by Crippen LogP contribution is 2.38. The summed E-state index contributed by atoms with van der Waals surface area (Å²) in [6.45, 7) is 4.68. The van der Waals surface area contributed by atoms with Crippen LogP contribution >= 0.6 is 11.3 Å². The highest BCUT2D eigenvalue weighted by Gasteiger charge is 2.15. The Bertz CT molecular complexity index is 1190. The molecule has 1 aliphatic carbocycles. The van der Waals surface area contributed by atoms with E-state index in [1.807, 2.05) is 19.2 Å². The molecule has 0 saturated carbocycles. The lowest BCUT2D eigenvalue weighted by Gasteiger charge is -2.09. The smallest absolute Gasteiger partial charge is 0.321 e. The fourth-order valence-corrected chi connectivity index (χ4v) is 4.73. The van der Waals surface area contributed by atoms with Crippen LogP contribution in [0.3, 0.4) is 0 Å². The molecule has 0 atom stereocenters. The van der Waals surface area contributed by atoms with Crippen molar-refractivity contribution in [3.63, 3.8) is 0 Å². The van der Waals surface area contributed by atoms with Crippen molar-refractivity contribution >= 4 is 38.3 Å². The van der Waals surface area contributed by atoms with Gasteiger partial charge in [0.15, 0.2) is 5.13 Å². The van der Waals surface area contributed by atoms with Crippen molar-refractivity contribution in [2.45, 2.75) is 39.5 Å². The molecule has 0 saturated heterocycles. The zero-order valence-electron chi connectivity index (χ0n) is 18.5. The minimum atomic E-state index is -0.240. The number of aromatic nitrogens is 2. The second-order valence-electron chi connectivity index (χ2n) is 7.74. The summed E-state index contributed by atoms with van der Waals surface area (Å²) in [7, 11) is 0. The predicted octanol–water partition coefficient (Wildman–Crippen LogP) is 6.96. The van der Waals surface area contributed by atoms with E-state index >= 15 is 0 Å². The Balaban J connectivity index is 1.80. The molecule has 2 N–H and O–H groups in total. The maximum Gasteiger partial charge on any atom is 0.321 e. The van der Waals surface area contributed by atoms with Crippen molar-refractivity contribution in [3.8, 4) is 11.1 Å². The number of nitrogens with zero attached hydrogens (tertiary/aromatic N) is 2. The van der Waals surface area contributed by atoms with Crippen molar-refractivity contribution in [1.82, 2.24) is 15.3 Å². The molecular weight excluding hydrogens is 416 g/mol. The summed E-state index contributed by atoms with van der Waals surface area (Å²) in [6, 6.07) is 8.11. The normalized spacial score (nSPS) is 13.4. The van der Waals surface area contributed by atoms with Crippen molar-refractivity contribution < 1.29 is 4.79 Å². The molecule has 0 bridgehead atoms. The second kappa shape index (κ2) is 10.4. The molecule has 0 unspecified atom stereocenters. The number of urea groups is 1. The van der Waals surface area contributed by atoms with Crippen LogP contribution in [-0.2, 0) is 0 Å². The summed E-state index contributed by atoms with van der Waals surface area (Å²) >= 11 is 1.49. The molecule has 2 aromatic heterocycles. The summed E-state index contributed by atoms with van der Waals surface area (Å²) in [5.74, 6) is 0.